The van der Waals surface area contributed by atoms with Gasteiger partial charge in [0.1, 0.15) is 11.2 Å². The van der Waals surface area contributed by atoms with Crippen LogP contribution >= 0.6 is 0 Å². The van der Waals surface area contributed by atoms with Crippen molar-refractivity contribution < 1.29 is 32.6 Å². The van der Waals surface area contributed by atoms with E-state index in [2.05, 4.69) is 10.6 Å². The number of anilines is 2. The molecule has 5 rings (SSSR count). The summed E-state index contributed by atoms with van der Waals surface area (Å²) >= 11 is 0. The van der Waals surface area contributed by atoms with Gasteiger partial charge in [-0.05, 0) is 48.5 Å². The molecule has 0 atom stereocenters. The molecule has 0 aliphatic heterocycles. The molecule has 0 spiro atoms. The second-order valence-electron chi connectivity index (χ2n) is 8.27. The molecule has 1 aromatic heterocycles. The van der Waals surface area contributed by atoms with Crippen molar-refractivity contribution in [2.45, 2.75) is 0 Å². The van der Waals surface area contributed by atoms with Crippen molar-refractivity contribution in [1.29, 1.82) is 0 Å². The minimum Gasteiger partial charge on any atom is -0.456 e. The fourth-order valence-corrected chi connectivity index (χ4v) is 3.89. The summed E-state index contributed by atoms with van der Waals surface area (Å²) in [5.41, 5.74) is -0.579. The van der Waals surface area contributed by atoms with Gasteiger partial charge >= 0.3 is 0 Å². The van der Waals surface area contributed by atoms with Gasteiger partial charge in [-0.2, -0.15) is 0 Å². The van der Waals surface area contributed by atoms with E-state index < -0.39 is 44.7 Å². The number of hydrogen-bond acceptors (Lipinski definition) is 7. The lowest BCUT2D eigenvalue weighted by Gasteiger charge is -2.06. The summed E-state index contributed by atoms with van der Waals surface area (Å²) in [5, 5.41) is 27.5. The molecule has 39 heavy (non-hydrogen) atoms. The second kappa shape index (κ2) is 9.63. The van der Waals surface area contributed by atoms with Crippen LogP contribution in [0, 0.1) is 31.9 Å². The van der Waals surface area contributed by atoms with E-state index in [1.54, 1.807) is 12.1 Å². The molecule has 0 radical (unpaired) electrons. The predicted octanol–water partition coefficient (Wildman–Crippen LogP) is 6.19. The molecule has 5 aromatic rings. The number of hydrogen-bond donors (Lipinski definition) is 2. The van der Waals surface area contributed by atoms with Crippen LogP contribution in [0.3, 0.4) is 0 Å². The smallest absolute Gasteiger partial charge is 0.272 e. The van der Waals surface area contributed by atoms with E-state index in [1.807, 2.05) is 0 Å². The predicted molar refractivity (Wildman–Crippen MR) is 136 cm³/mol. The first-order chi connectivity index (χ1) is 18.6. The summed E-state index contributed by atoms with van der Waals surface area (Å²) in [6.07, 6.45) is 0. The van der Waals surface area contributed by atoms with Gasteiger partial charge in [0, 0.05) is 34.0 Å². The lowest BCUT2D eigenvalue weighted by molar-refractivity contribution is -0.385. The van der Waals surface area contributed by atoms with E-state index >= 15 is 0 Å². The molecule has 4 aromatic carbocycles. The number of nitro groups is 2. The number of nitrogens with one attached hydrogen (secondary N) is 2. The Morgan fingerprint density at radius 3 is 1.41 bits per heavy atom. The topological polar surface area (TPSA) is 158 Å². The molecule has 2 N–H and O–H groups in total. The van der Waals surface area contributed by atoms with Crippen LogP contribution in [0.1, 0.15) is 20.7 Å². The molecule has 11 nitrogen and oxygen atoms in total. The average molecular weight is 532 g/mol. The third-order valence-corrected chi connectivity index (χ3v) is 5.82. The molecule has 1 heterocycles. The minimum atomic E-state index is -0.971. The molecule has 2 amide bonds. The number of carbonyl (C=O) groups is 2. The highest BCUT2D eigenvalue weighted by Crippen LogP contribution is 2.31. The lowest BCUT2D eigenvalue weighted by Crippen LogP contribution is -2.13. The third kappa shape index (κ3) is 4.83. The molecule has 0 fully saturated rings. The van der Waals surface area contributed by atoms with Crippen molar-refractivity contribution in [2.24, 2.45) is 0 Å². The van der Waals surface area contributed by atoms with Gasteiger partial charge in [0.15, 0.2) is 11.6 Å². The van der Waals surface area contributed by atoms with Crippen LogP contribution in [-0.4, -0.2) is 21.7 Å². The van der Waals surface area contributed by atoms with Gasteiger partial charge in [0.25, 0.3) is 23.2 Å². The Balaban J connectivity index is 1.38. The number of benzene rings is 4. The van der Waals surface area contributed by atoms with Gasteiger partial charge in [0.2, 0.25) is 0 Å². The highest BCUT2D eigenvalue weighted by Gasteiger charge is 2.18. The number of fused-ring (bicyclic) bond motifs is 3. The number of halogens is 2. The maximum Gasteiger partial charge on any atom is 0.272 e. The minimum absolute atomic E-state index is 0.117. The average Bonchev–Trinajstić information content (AvgIpc) is 3.27. The molecule has 0 saturated heterocycles. The van der Waals surface area contributed by atoms with Crippen molar-refractivity contribution in [2.75, 3.05) is 10.6 Å². The van der Waals surface area contributed by atoms with Crippen LogP contribution in [0.2, 0.25) is 0 Å². The molecule has 13 heteroatoms. The first-order valence-corrected chi connectivity index (χ1v) is 11.1. The van der Waals surface area contributed by atoms with Crippen LogP contribution in [0.5, 0.6) is 0 Å². The number of furan rings is 1. The van der Waals surface area contributed by atoms with Crippen molar-refractivity contribution >= 4 is 56.5 Å². The number of carbonyl (C=O) groups excluding carboxylic acids is 2. The van der Waals surface area contributed by atoms with Crippen molar-refractivity contribution in [1.82, 2.24) is 0 Å². The molecule has 0 aliphatic rings. The molecular weight excluding hydrogens is 518 g/mol. The molecule has 0 bridgehead atoms. The van der Waals surface area contributed by atoms with Crippen LogP contribution in [0.15, 0.2) is 77.2 Å². The highest BCUT2D eigenvalue weighted by molar-refractivity contribution is 6.12. The Bertz CT molecular complexity index is 1720. The number of nitro benzene ring substituents is 2. The molecule has 0 unspecified atom stereocenters. The Kier molecular flexibility index (Phi) is 6.16. The number of rotatable bonds is 6. The summed E-state index contributed by atoms with van der Waals surface area (Å²) in [4.78, 5) is 45.4. The van der Waals surface area contributed by atoms with Gasteiger partial charge in [0.05, 0.1) is 33.4 Å². The Morgan fingerprint density at radius 1 is 0.641 bits per heavy atom. The standard InChI is InChI=1S/C26H14F2N4O7/c27-19-11-15(31(35)36)3-7-21(19)29-25(33)13-1-5-17-18-6-2-14(10-24(18)39-23(17)9-13)26(34)30-22-8-4-16(32(37)38)12-20(22)28/h1-12H,(H,29,33)(H,30,34). The van der Waals surface area contributed by atoms with Gasteiger partial charge < -0.3 is 15.1 Å². The van der Waals surface area contributed by atoms with E-state index in [1.165, 1.54) is 24.3 Å². The number of nitrogens with zero attached hydrogens (tertiary/aromatic N) is 2. The first-order valence-electron chi connectivity index (χ1n) is 11.1. The van der Waals surface area contributed by atoms with Crippen LogP contribution in [-0.2, 0) is 0 Å². The van der Waals surface area contributed by atoms with Crippen LogP contribution in [0.25, 0.3) is 21.9 Å². The van der Waals surface area contributed by atoms with Gasteiger partial charge in [-0.3, -0.25) is 29.8 Å². The Labute approximate surface area is 215 Å². The SMILES string of the molecule is O=C(Nc1ccc([N+](=O)[O-])cc1F)c1ccc2c(c1)oc1cc(C(=O)Nc3ccc([N+](=O)[O-])cc3F)ccc12. The highest BCUT2D eigenvalue weighted by atomic mass is 19.1. The lowest BCUT2D eigenvalue weighted by atomic mass is 10.1. The maximum atomic E-state index is 14.2. The quantitative estimate of drug-likeness (QED) is 0.195. The zero-order valence-electron chi connectivity index (χ0n) is 19.4. The third-order valence-electron chi connectivity index (χ3n) is 5.82. The molecule has 194 valence electrons. The Hall–Kier alpha value is -5.72. The summed E-state index contributed by atoms with van der Waals surface area (Å²) in [7, 11) is 0. The van der Waals surface area contributed by atoms with E-state index in [4.69, 9.17) is 4.42 Å². The molecule has 0 saturated carbocycles. The summed E-state index contributed by atoms with van der Waals surface area (Å²) < 4.78 is 34.2. The summed E-state index contributed by atoms with van der Waals surface area (Å²) in [6, 6.07) is 14.7. The van der Waals surface area contributed by atoms with Crippen molar-refractivity contribution in [3.63, 3.8) is 0 Å². The largest absolute Gasteiger partial charge is 0.456 e. The summed E-state index contributed by atoms with van der Waals surface area (Å²) in [6.45, 7) is 0. The second-order valence-corrected chi connectivity index (χ2v) is 8.27. The van der Waals surface area contributed by atoms with Crippen LogP contribution in [0.4, 0.5) is 31.5 Å². The number of non-ortho nitro benzene ring substituents is 2. The van der Waals surface area contributed by atoms with Crippen molar-refractivity contribution in [3.8, 4) is 0 Å². The molecule has 0 aliphatic carbocycles. The number of amides is 2. The maximum absolute atomic E-state index is 14.2. The Morgan fingerprint density at radius 2 is 1.05 bits per heavy atom. The van der Waals surface area contributed by atoms with E-state index in [9.17, 15) is 38.6 Å². The summed E-state index contributed by atoms with van der Waals surface area (Å²) in [5.74, 6) is -3.31. The fourth-order valence-electron chi connectivity index (χ4n) is 3.89. The van der Waals surface area contributed by atoms with E-state index in [-0.39, 0.29) is 22.5 Å². The van der Waals surface area contributed by atoms with Gasteiger partial charge in [-0.25, -0.2) is 8.78 Å². The van der Waals surface area contributed by atoms with E-state index in [0.29, 0.717) is 34.1 Å². The zero-order valence-corrected chi connectivity index (χ0v) is 19.4. The van der Waals surface area contributed by atoms with Crippen LogP contribution < -0.4 is 10.6 Å². The zero-order chi connectivity index (χ0) is 27.8. The first kappa shape index (κ1) is 25.0. The monoisotopic (exact) mass is 532 g/mol. The van der Waals surface area contributed by atoms with Gasteiger partial charge in [-0.15, -0.1) is 0 Å². The van der Waals surface area contributed by atoms with Crippen molar-refractivity contribution in [3.05, 3.63) is 116 Å². The van der Waals surface area contributed by atoms with E-state index in [0.717, 1.165) is 24.3 Å². The normalized spacial score (nSPS) is 10.9. The molecular formula is C26H14F2N4O7. The fraction of sp³-hybridized carbons (Fsp3) is 0. The van der Waals surface area contributed by atoms with Gasteiger partial charge in [-0.1, -0.05) is 0 Å².